The topological polar surface area (TPSA) is 38.3 Å². The second kappa shape index (κ2) is 3.36. The lowest BCUT2D eigenvalue weighted by atomic mass is 10.1. The van der Waals surface area contributed by atoms with Crippen molar-refractivity contribution in [2.75, 3.05) is 0 Å². The Bertz CT molecular complexity index is 340. The van der Waals surface area contributed by atoms with Crippen molar-refractivity contribution in [3.63, 3.8) is 0 Å². The Morgan fingerprint density at radius 1 is 1.54 bits per heavy atom. The standard InChI is InChI=1S/C9H8ClNO2/c10-7-3-1-2-6(4-7)8-5-9(12)11-13-8/h1-4,8H,5H2,(H,11,12). The van der Waals surface area contributed by atoms with Gasteiger partial charge in [0.1, 0.15) is 6.10 Å². The van der Waals surface area contributed by atoms with E-state index in [1.807, 2.05) is 12.1 Å². The molecule has 1 amide bonds. The smallest absolute Gasteiger partial charge is 0.246 e. The number of carbonyl (C=O) groups is 1. The zero-order valence-electron chi connectivity index (χ0n) is 6.79. The number of hydrogen-bond acceptors (Lipinski definition) is 2. The Kier molecular flexibility index (Phi) is 2.20. The molecular formula is C9H8ClNO2. The lowest BCUT2D eigenvalue weighted by molar-refractivity contribution is -0.124. The number of rotatable bonds is 1. The van der Waals surface area contributed by atoms with E-state index in [9.17, 15) is 4.79 Å². The molecule has 0 spiro atoms. The van der Waals surface area contributed by atoms with E-state index in [4.69, 9.17) is 16.4 Å². The second-order valence-corrected chi connectivity index (χ2v) is 3.33. The number of hydrogen-bond donors (Lipinski definition) is 1. The van der Waals surface area contributed by atoms with Crippen molar-refractivity contribution in [1.29, 1.82) is 0 Å². The third kappa shape index (κ3) is 1.82. The van der Waals surface area contributed by atoms with Crippen molar-refractivity contribution in [1.82, 2.24) is 5.48 Å². The first-order chi connectivity index (χ1) is 6.25. The van der Waals surface area contributed by atoms with Crippen molar-refractivity contribution >= 4 is 17.5 Å². The van der Waals surface area contributed by atoms with Crippen molar-refractivity contribution in [2.45, 2.75) is 12.5 Å². The molecule has 1 N–H and O–H groups in total. The van der Waals surface area contributed by atoms with Gasteiger partial charge in [0.25, 0.3) is 0 Å². The summed E-state index contributed by atoms with van der Waals surface area (Å²) in [5.41, 5.74) is 3.23. The van der Waals surface area contributed by atoms with Gasteiger partial charge in [-0.1, -0.05) is 23.7 Å². The summed E-state index contributed by atoms with van der Waals surface area (Å²) in [4.78, 5) is 15.9. The molecule has 3 nitrogen and oxygen atoms in total. The van der Waals surface area contributed by atoms with Crippen LogP contribution in [0.25, 0.3) is 0 Å². The second-order valence-electron chi connectivity index (χ2n) is 2.89. The third-order valence-electron chi connectivity index (χ3n) is 1.91. The molecule has 1 aromatic carbocycles. The third-order valence-corrected chi connectivity index (χ3v) is 2.14. The van der Waals surface area contributed by atoms with Gasteiger partial charge in [-0.2, -0.15) is 0 Å². The molecule has 1 saturated heterocycles. The predicted molar refractivity (Wildman–Crippen MR) is 48.0 cm³/mol. The molecule has 1 aliphatic rings. The van der Waals surface area contributed by atoms with Crippen LogP contribution in [0.3, 0.4) is 0 Å². The maximum atomic E-state index is 10.8. The minimum atomic E-state index is -0.203. The Morgan fingerprint density at radius 3 is 3.00 bits per heavy atom. The Labute approximate surface area is 80.6 Å². The first-order valence-electron chi connectivity index (χ1n) is 3.95. The molecule has 0 aromatic heterocycles. The van der Waals surface area contributed by atoms with E-state index in [-0.39, 0.29) is 12.0 Å². The Hall–Kier alpha value is -1.06. The van der Waals surface area contributed by atoms with Crippen LogP contribution >= 0.6 is 11.6 Å². The van der Waals surface area contributed by atoms with Crippen LogP contribution in [-0.2, 0) is 9.63 Å². The highest BCUT2D eigenvalue weighted by Gasteiger charge is 2.24. The predicted octanol–water partition coefficient (Wildman–Crippen LogP) is 1.83. The summed E-state index contributed by atoms with van der Waals surface area (Å²) < 4.78 is 0. The zero-order chi connectivity index (χ0) is 9.26. The molecule has 0 bridgehead atoms. The SMILES string of the molecule is O=C1CC(c2cccc(Cl)c2)ON1. The van der Waals surface area contributed by atoms with Crippen LogP contribution in [0.4, 0.5) is 0 Å². The van der Waals surface area contributed by atoms with Crippen LogP contribution in [0.15, 0.2) is 24.3 Å². The number of benzene rings is 1. The van der Waals surface area contributed by atoms with Crippen molar-refractivity contribution in [2.24, 2.45) is 0 Å². The van der Waals surface area contributed by atoms with Crippen LogP contribution in [0.2, 0.25) is 5.02 Å². The lowest BCUT2D eigenvalue weighted by Gasteiger charge is -2.06. The summed E-state index contributed by atoms with van der Waals surface area (Å²) in [6.07, 6.45) is 0.159. The van der Waals surface area contributed by atoms with E-state index in [0.717, 1.165) is 5.56 Å². The van der Waals surface area contributed by atoms with Gasteiger partial charge in [0, 0.05) is 5.02 Å². The molecule has 1 unspecified atom stereocenters. The van der Waals surface area contributed by atoms with Crippen molar-refractivity contribution < 1.29 is 9.63 Å². The fourth-order valence-corrected chi connectivity index (χ4v) is 1.48. The maximum Gasteiger partial charge on any atom is 0.246 e. The van der Waals surface area contributed by atoms with E-state index in [2.05, 4.69) is 5.48 Å². The van der Waals surface area contributed by atoms with E-state index < -0.39 is 0 Å². The summed E-state index contributed by atoms with van der Waals surface area (Å²) in [5.74, 6) is -0.0926. The molecule has 1 fully saturated rings. The van der Waals surface area contributed by atoms with E-state index in [1.165, 1.54) is 0 Å². The largest absolute Gasteiger partial charge is 0.273 e. The molecule has 68 valence electrons. The summed E-state index contributed by atoms with van der Waals surface area (Å²) in [6.45, 7) is 0. The van der Waals surface area contributed by atoms with Crippen molar-refractivity contribution in [3.05, 3.63) is 34.9 Å². The lowest BCUT2D eigenvalue weighted by Crippen LogP contribution is -2.11. The van der Waals surface area contributed by atoms with Gasteiger partial charge in [-0.3, -0.25) is 9.63 Å². The van der Waals surface area contributed by atoms with Crippen molar-refractivity contribution in [3.8, 4) is 0 Å². The first-order valence-corrected chi connectivity index (χ1v) is 4.33. The highest BCUT2D eigenvalue weighted by Crippen LogP contribution is 2.25. The molecular weight excluding hydrogens is 190 g/mol. The zero-order valence-corrected chi connectivity index (χ0v) is 7.54. The normalized spacial score (nSPS) is 21.6. The van der Waals surface area contributed by atoms with E-state index >= 15 is 0 Å². The Morgan fingerprint density at radius 2 is 2.38 bits per heavy atom. The number of nitrogens with one attached hydrogen (secondary N) is 1. The highest BCUT2D eigenvalue weighted by molar-refractivity contribution is 6.30. The average Bonchev–Trinajstić information content (AvgIpc) is 2.52. The summed E-state index contributed by atoms with van der Waals surface area (Å²) in [6, 6.07) is 7.31. The van der Waals surface area contributed by atoms with Gasteiger partial charge in [-0.25, -0.2) is 5.48 Å². The van der Waals surface area contributed by atoms with Gasteiger partial charge in [-0.05, 0) is 17.7 Å². The van der Waals surface area contributed by atoms with Crippen LogP contribution in [0.5, 0.6) is 0 Å². The van der Waals surface area contributed by atoms with Gasteiger partial charge in [0.2, 0.25) is 5.91 Å². The molecule has 0 radical (unpaired) electrons. The molecule has 13 heavy (non-hydrogen) atoms. The summed E-state index contributed by atoms with van der Waals surface area (Å²) >= 11 is 5.80. The molecule has 1 heterocycles. The fraction of sp³-hybridized carbons (Fsp3) is 0.222. The molecule has 2 rings (SSSR count). The van der Waals surface area contributed by atoms with Gasteiger partial charge in [-0.15, -0.1) is 0 Å². The van der Waals surface area contributed by atoms with Crippen LogP contribution < -0.4 is 5.48 Å². The number of carbonyl (C=O) groups excluding carboxylic acids is 1. The molecule has 0 aliphatic carbocycles. The summed E-state index contributed by atoms with van der Waals surface area (Å²) in [7, 11) is 0. The monoisotopic (exact) mass is 197 g/mol. The van der Waals surface area contributed by atoms with E-state index in [0.29, 0.717) is 11.4 Å². The van der Waals surface area contributed by atoms with Gasteiger partial charge >= 0.3 is 0 Å². The maximum absolute atomic E-state index is 10.8. The average molecular weight is 198 g/mol. The number of amides is 1. The first kappa shape index (κ1) is 8.53. The van der Waals surface area contributed by atoms with Crippen LogP contribution in [0, 0.1) is 0 Å². The van der Waals surface area contributed by atoms with Gasteiger partial charge in [0.05, 0.1) is 6.42 Å². The summed E-state index contributed by atoms with van der Waals surface area (Å²) in [5, 5.41) is 0.653. The van der Waals surface area contributed by atoms with Gasteiger partial charge in [0.15, 0.2) is 0 Å². The minimum Gasteiger partial charge on any atom is -0.273 e. The van der Waals surface area contributed by atoms with Crippen LogP contribution in [0.1, 0.15) is 18.1 Å². The number of hydroxylamine groups is 1. The van der Waals surface area contributed by atoms with Gasteiger partial charge < -0.3 is 0 Å². The fourth-order valence-electron chi connectivity index (χ4n) is 1.28. The molecule has 1 aliphatic heterocycles. The molecule has 0 saturated carbocycles. The quantitative estimate of drug-likeness (QED) is 0.746. The molecule has 1 aromatic rings. The highest BCUT2D eigenvalue weighted by atomic mass is 35.5. The molecule has 1 atom stereocenters. The minimum absolute atomic E-state index is 0.0926. The van der Waals surface area contributed by atoms with E-state index in [1.54, 1.807) is 12.1 Å². The molecule has 4 heteroatoms. The van der Waals surface area contributed by atoms with Crippen LogP contribution in [-0.4, -0.2) is 5.91 Å². The Balaban J connectivity index is 2.21. The number of halogens is 1.